The van der Waals surface area contributed by atoms with E-state index >= 15 is 0 Å². The third kappa shape index (κ3) is 3.00. The first-order valence-electron chi connectivity index (χ1n) is 5.18. The van der Waals surface area contributed by atoms with Crippen molar-refractivity contribution >= 4 is 15.9 Å². The van der Waals surface area contributed by atoms with Gasteiger partial charge in [-0.25, -0.2) is 0 Å². The van der Waals surface area contributed by atoms with E-state index < -0.39 is 0 Å². The van der Waals surface area contributed by atoms with Gasteiger partial charge in [-0.05, 0) is 46.3 Å². The molecule has 2 heterocycles. The summed E-state index contributed by atoms with van der Waals surface area (Å²) in [6.07, 6.45) is 5.62. The third-order valence-electron chi connectivity index (χ3n) is 2.80. The number of nitrogens with zero attached hydrogens (tertiary/aromatic N) is 1. The highest BCUT2D eigenvalue weighted by Gasteiger charge is 2.22. The zero-order valence-electron chi connectivity index (χ0n) is 8.53. The van der Waals surface area contributed by atoms with Gasteiger partial charge in [0.05, 0.1) is 6.61 Å². The van der Waals surface area contributed by atoms with Crippen LogP contribution in [0.4, 0.5) is 0 Å². The molecule has 0 radical (unpaired) electrons. The average Bonchev–Trinajstić information content (AvgIpc) is 2.70. The minimum atomic E-state index is 0.184. The molecule has 0 aromatic carbocycles. The number of hydrogen-bond donors (Lipinski definition) is 1. The maximum atomic E-state index is 6.14. The van der Waals surface area contributed by atoms with Crippen molar-refractivity contribution in [1.29, 1.82) is 0 Å². The summed E-state index contributed by atoms with van der Waals surface area (Å²) in [7, 11) is 0. The fourth-order valence-electron chi connectivity index (χ4n) is 1.90. The lowest BCUT2D eigenvalue weighted by molar-refractivity contribution is 0.180. The van der Waals surface area contributed by atoms with Crippen LogP contribution in [0.25, 0.3) is 0 Å². The Hall–Kier alpha value is -0.450. The van der Waals surface area contributed by atoms with Crippen molar-refractivity contribution in [3.8, 4) is 0 Å². The summed E-state index contributed by atoms with van der Waals surface area (Å²) in [4.78, 5) is 4.13. The van der Waals surface area contributed by atoms with Crippen molar-refractivity contribution in [1.82, 2.24) is 4.98 Å². The molecule has 2 rings (SSSR count). The van der Waals surface area contributed by atoms with Gasteiger partial charge in [0.25, 0.3) is 0 Å². The normalized spacial score (nSPS) is 22.9. The highest BCUT2D eigenvalue weighted by molar-refractivity contribution is 9.10. The Balaban J connectivity index is 1.95. The molecule has 2 atom stereocenters. The lowest BCUT2D eigenvalue weighted by atomic mass is 9.94. The van der Waals surface area contributed by atoms with E-state index in [2.05, 4.69) is 27.0 Å². The van der Waals surface area contributed by atoms with E-state index in [-0.39, 0.29) is 6.04 Å². The van der Waals surface area contributed by atoms with Gasteiger partial charge < -0.3 is 10.5 Å². The zero-order chi connectivity index (χ0) is 10.7. The third-order valence-corrected chi connectivity index (χ3v) is 3.24. The molecule has 2 N–H and O–H groups in total. The van der Waals surface area contributed by atoms with Crippen LogP contribution in [0.1, 0.15) is 12.0 Å². The largest absolute Gasteiger partial charge is 0.381 e. The number of ether oxygens (including phenoxy) is 1. The molecule has 1 aliphatic heterocycles. The second-order valence-corrected chi connectivity index (χ2v) is 4.92. The number of aromatic nitrogens is 1. The molecule has 1 saturated heterocycles. The van der Waals surface area contributed by atoms with Crippen LogP contribution in [-0.2, 0) is 11.2 Å². The lowest BCUT2D eigenvalue weighted by Gasteiger charge is -2.17. The van der Waals surface area contributed by atoms with Crippen LogP contribution in [0.15, 0.2) is 22.9 Å². The van der Waals surface area contributed by atoms with Gasteiger partial charge in [0.2, 0.25) is 0 Å². The fourth-order valence-corrected chi connectivity index (χ4v) is 2.31. The topological polar surface area (TPSA) is 48.1 Å². The van der Waals surface area contributed by atoms with Crippen LogP contribution in [0.5, 0.6) is 0 Å². The summed E-state index contributed by atoms with van der Waals surface area (Å²) < 4.78 is 6.34. The van der Waals surface area contributed by atoms with Crippen molar-refractivity contribution in [2.24, 2.45) is 11.7 Å². The quantitative estimate of drug-likeness (QED) is 0.911. The Morgan fingerprint density at radius 2 is 2.47 bits per heavy atom. The monoisotopic (exact) mass is 270 g/mol. The summed E-state index contributed by atoms with van der Waals surface area (Å²) in [5.41, 5.74) is 7.32. The van der Waals surface area contributed by atoms with E-state index in [1.165, 1.54) is 5.56 Å². The highest BCUT2D eigenvalue weighted by Crippen LogP contribution is 2.19. The van der Waals surface area contributed by atoms with Crippen LogP contribution in [0, 0.1) is 5.92 Å². The lowest BCUT2D eigenvalue weighted by Crippen LogP contribution is -2.32. The van der Waals surface area contributed by atoms with Crippen molar-refractivity contribution in [2.45, 2.75) is 18.9 Å². The minimum Gasteiger partial charge on any atom is -0.381 e. The van der Waals surface area contributed by atoms with E-state index in [1.807, 2.05) is 6.20 Å². The van der Waals surface area contributed by atoms with Crippen LogP contribution >= 0.6 is 15.9 Å². The molecule has 2 unspecified atom stereocenters. The number of halogens is 1. The first-order valence-corrected chi connectivity index (χ1v) is 5.98. The van der Waals surface area contributed by atoms with Crippen LogP contribution in [-0.4, -0.2) is 24.2 Å². The van der Waals surface area contributed by atoms with E-state index in [9.17, 15) is 0 Å². The predicted octanol–water partition coefficient (Wildman–Crippen LogP) is 1.75. The second-order valence-electron chi connectivity index (χ2n) is 4.00. The maximum Gasteiger partial charge on any atom is 0.0510 e. The molecule has 82 valence electrons. The van der Waals surface area contributed by atoms with Gasteiger partial charge in [-0.3, -0.25) is 4.98 Å². The van der Waals surface area contributed by atoms with Crippen molar-refractivity contribution in [3.63, 3.8) is 0 Å². The predicted molar refractivity (Wildman–Crippen MR) is 62.5 cm³/mol. The van der Waals surface area contributed by atoms with Crippen LogP contribution < -0.4 is 5.73 Å². The number of rotatable bonds is 3. The van der Waals surface area contributed by atoms with E-state index in [1.54, 1.807) is 6.20 Å². The van der Waals surface area contributed by atoms with Gasteiger partial charge in [0.1, 0.15) is 0 Å². The standard InChI is InChI=1S/C11H15BrN2O/c12-10-3-8(5-14-6-10)4-11(13)9-1-2-15-7-9/h3,5-6,9,11H,1-2,4,7,13H2. The molecule has 0 saturated carbocycles. The van der Waals surface area contributed by atoms with Gasteiger partial charge in [0, 0.05) is 29.5 Å². The molecular weight excluding hydrogens is 256 g/mol. The summed E-state index contributed by atoms with van der Waals surface area (Å²) in [6.45, 7) is 1.66. The first kappa shape index (κ1) is 11.0. The Morgan fingerprint density at radius 1 is 1.60 bits per heavy atom. The molecule has 0 spiro atoms. The Kier molecular flexibility index (Phi) is 3.72. The van der Waals surface area contributed by atoms with Gasteiger partial charge in [-0.1, -0.05) is 0 Å². The Labute approximate surface area is 98.2 Å². The van der Waals surface area contributed by atoms with Gasteiger partial charge in [-0.15, -0.1) is 0 Å². The van der Waals surface area contributed by atoms with E-state index in [0.29, 0.717) is 5.92 Å². The van der Waals surface area contributed by atoms with Gasteiger partial charge in [0.15, 0.2) is 0 Å². The van der Waals surface area contributed by atoms with E-state index in [4.69, 9.17) is 10.5 Å². The molecule has 0 aliphatic carbocycles. The minimum absolute atomic E-state index is 0.184. The molecular formula is C11H15BrN2O. The molecule has 0 amide bonds. The van der Waals surface area contributed by atoms with Crippen molar-refractivity contribution in [2.75, 3.05) is 13.2 Å². The van der Waals surface area contributed by atoms with Crippen molar-refractivity contribution in [3.05, 3.63) is 28.5 Å². The Bertz CT molecular complexity index is 326. The average molecular weight is 271 g/mol. The number of nitrogens with two attached hydrogens (primary N) is 1. The summed E-state index contributed by atoms with van der Waals surface area (Å²) in [5.74, 6) is 0.504. The smallest absolute Gasteiger partial charge is 0.0510 e. The van der Waals surface area contributed by atoms with Crippen molar-refractivity contribution < 1.29 is 4.74 Å². The SMILES string of the molecule is NC(Cc1cncc(Br)c1)C1CCOC1. The van der Waals surface area contributed by atoms with Crippen LogP contribution in [0.3, 0.4) is 0 Å². The molecule has 1 aromatic heterocycles. The van der Waals surface area contributed by atoms with Gasteiger partial charge >= 0.3 is 0 Å². The molecule has 1 aliphatic rings. The summed E-state index contributed by atoms with van der Waals surface area (Å²) >= 11 is 3.41. The number of hydrogen-bond acceptors (Lipinski definition) is 3. The molecule has 0 bridgehead atoms. The first-order chi connectivity index (χ1) is 7.25. The highest BCUT2D eigenvalue weighted by atomic mass is 79.9. The molecule has 4 heteroatoms. The maximum absolute atomic E-state index is 6.14. The zero-order valence-corrected chi connectivity index (χ0v) is 10.1. The van der Waals surface area contributed by atoms with E-state index in [0.717, 1.165) is 30.5 Å². The summed E-state index contributed by atoms with van der Waals surface area (Å²) in [6, 6.07) is 2.26. The fraction of sp³-hybridized carbons (Fsp3) is 0.545. The molecule has 1 fully saturated rings. The molecule has 15 heavy (non-hydrogen) atoms. The number of pyridine rings is 1. The van der Waals surface area contributed by atoms with Crippen LogP contribution in [0.2, 0.25) is 0 Å². The molecule has 3 nitrogen and oxygen atoms in total. The summed E-state index contributed by atoms with van der Waals surface area (Å²) in [5, 5.41) is 0. The molecule has 1 aromatic rings. The second kappa shape index (κ2) is 5.05. The van der Waals surface area contributed by atoms with Gasteiger partial charge in [-0.2, -0.15) is 0 Å². The Morgan fingerprint density at radius 3 is 3.13 bits per heavy atom.